The lowest BCUT2D eigenvalue weighted by Crippen LogP contribution is -2.30. The number of benzene rings is 2. The standard InChI is InChI=1S/C13H8ClF5N2/c14-7-4-9(16)6(3-10(7)17)13(21-20)5-1-2-8(15)12(19)11(5)18/h1-4,13,21H,20H2. The minimum Gasteiger partial charge on any atom is -0.271 e. The highest BCUT2D eigenvalue weighted by Crippen LogP contribution is 2.30. The van der Waals surface area contributed by atoms with E-state index in [0.29, 0.717) is 18.2 Å². The summed E-state index contributed by atoms with van der Waals surface area (Å²) < 4.78 is 67.1. The minimum atomic E-state index is -1.73. The van der Waals surface area contributed by atoms with Gasteiger partial charge in [-0.05, 0) is 18.2 Å². The van der Waals surface area contributed by atoms with Gasteiger partial charge < -0.3 is 0 Å². The predicted octanol–water partition coefficient (Wildman–Crippen LogP) is 3.59. The zero-order valence-corrected chi connectivity index (χ0v) is 11.0. The van der Waals surface area contributed by atoms with Crippen LogP contribution in [0.5, 0.6) is 0 Å². The van der Waals surface area contributed by atoms with Crippen molar-refractivity contribution in [2.24, 2.45) is 5.84 Å². The van der Waals surface area contributed by atoms with Gasteiger partial charge in [-0.25, -0.2) is 27.4 Å². The van der Waals surface area contributed by atoms with Crippen molar-refractivity contribution in [2.45, 2.75) is 6.04 Å². The van der Waals surface area contributed by atoms with Crippen LogP contribution < -0.4 is 11.3 Å². The van der Waals surface area contributed by atoms with Crippen molar-refractivity contribution in [3.05, 3.63) is 69.5 Å². The fraction of sp³-hybridized carbons (Fsp3) is 0.0769. The van der Waals surface area contributed by atoms with Crippen molar-refractivity contribution in [1.82, 2.24) is 5.43 Å². The van der Waals surface area contributed by atoms with E-state index < -0.39 is 51.3 Å². The van der Waals surface area contributed by atoms with Crippen molar-refractivity contribution in [2.75, 3.05) is 0 Å². The molecule has 2 rings (SSSR count). The van der Waals surface area contributed by atoms with E-state index in [1.54, 1.807) is 0 Å². The monoisotopic (exact) mass is 322 g/mol. The normalized spacial score (nSPS) is 12.5. The van der Waals surface area contributed by atoms with E-state index in [0.717, 1.165) is 6.07 Å². The number of rotatable bonds is 3. The third-order valence-electron chi connectivity index (χ3n) is 2.89. The lowest BCUT2D eigenvalue weighted by molar-refractivity contribution is 0.431. The summed E-state index contributed by atoms with van der Waals surface area (Å²) in [6, 6.07) is 1.48. The number of hydrogen-bond acceptors (Lipinski definition) is 2. The Morgan fingerprint density at radius 1 is 0.857 bits per heavy atom. The van der Waals surface area contributed by atoms with Gasteiger partial charge in [0.25, 0.3) is 0 Å². The molecular weight excluding hydrogens is 315 g/mol. The molecule has 2 aromatic rings. The SMILES string of the molecule is NNC(c1cc(F)c(Cl)cc1F)c1ccc(F)c(F)c1F. The van der Waals surface area contributed by atoms with Crippen LogP contribution in [-0.2, 0) is 0 Å². The van der Waals surface area contributed by atoms with Gasteiger partial charge in [0, 0.05) is 11.1 Å². The van der Waals surface area contributed by atoms with Crippen LogP contribution in [0.2, 0.25) is 5.02 Å². The maximum atomic E-state index is 13.8. The van der Waals surface area contributed by atoms with Crippen molar-refractivity contribution < 1.29 is 22.0 Å². The molecule has 1 atom stereocenters. The molecule has 0 saturated heterocycles. The molecule has 3 N–H and O–H groups in total. The van der Waals surface area contributed by atoms with E-state index >= 15 is 0 Å². The van der Waals surface area contributed by atoms with Crippen LogP contribution in [0.15, 0.2) is 24.3 Å². The molecule has 21 heavy (non-hydrogen) atoms. The van der Waals surface area contributed by atoms with Gasteiger partial charge in [0.2, 0.25) is 0 Å². The zero-order chi connectivity index (χ0) is 15.7. The Kier molecular flexibility index (Phi) is 4.46. The quantitative estimate of drug-likeness (QED) is 0.298. The van der Waals surface area contributed by atoms with Gasteiger partial charge >= 0.3 is 0 Å². The summed E-state index contributed by atoms with van der Waals surface area (Å²) in [6.07, 6.45) is 0. The maximum Gasteiger partial charge on any atom is 0.194 e. The van der Waals surface area contributed by atoms with Gasteiger partial charge in [0.15, 0.2) is 17.5 Å². The molecule has 0 aliphatic heterocycles. The highest BCUT2D eigenvalue weighted by Gasteiger charge is 2.24. The number of hydrogen-bond donors (Lipinski definition) is 2. The molecule has 0 aliphatic carbocycles. The van der Waals surface area contributed by atoms with Gasteiger partial charge in [0.05, 0.1) is 11.1 Å². The van der Waals surface area contributed by atoms with E-state index in [1.165, 1.54) is 0 Å². The summed E-state index contributed by atoms with van der Waals surface area (Å²) in [4.78, 5) is 0. The van der Waals surface area contributed by atoms with Crippen molar-refractivity contribution in [1.29, 1.82) is 0 Å². The minimum absolute atomic E-state index is 0.399. The van der Waals surface area contributed by atoms with Crippen LogP contribution in [0.4, 0.5) is 22.0 Å². The summed E-state index contributed by atoms with van der Waals surface area (Å²) in [6.45, 7) is 0. The summed E-state index contributed by atoms with van der Waals surface area (Å²) in [5.41, 5.74) is 1.16. The molecule has 0 aliphatic rings. The first kappa shape index (κ1) is 15.7. The first-order valence-electron chi connectivity index (χ1n) is 5.60. The third kappa shape index (κ3) is 2.85. The van der Waals surface area contributed by atoms with Crippen LogP contribution >= 0.6 is 11.6 Å². The largest absolute Gasteiger partial charge is 0.271 e. The van der Waals surface area contributed by atoms with Gasteiger partial charge in [-0.1, -0.05) is 17.7 Å². The molecule has 0 aromatic heterocycles. The van der Waals surface area contributed by atoms with Gasteiger partial charge in [-0.15, -0.1) is 0 Å². The molecule has 0 saturated carbocycles. The average molecular weight is 323 g/mol. The fourth-order valence-corrected chi connectivity index (χ4v) is 2.02. The number of hydrazine groups is 1. The number of nitrogens with one attached hydrogen (secondary N) is 1. The topological polar surface area (TPSA) is 38.0 Å². The molecule has 0 amide bonds. The molecule has 0 heterocycles. The lowest BCUT2D eigenvalue weighted by Gasteiger charge is -2.19. The molecule has 2 nitrogen and oxygen atoms in total. The molecule has 0 radical (unpaired) electrons. The first-order chi connectivity index (χ1) is 9.86. The molecule has 0 spiro atoms. The van der Waals surface area contributed by atoms with Crippen LogP contribution in [0.1, 0.15) is 17.2 Å². The molecule has 0 fully saturated rings. The molecule has 112 valence electrons. The molecule has 8 heteroatoms. The van der Waals surface area contributed by atoms with E-state index in [4.69, 9.17) is 17.4 Å². The highest BCUT2D eigenvalue weighted by atomic mass is 35.5. The molecule has 1 unspecified atom stereocenters. The van der Waals surface area contributed by atoms with Crippen LogP contribution in [0.25, 0.3) is 0 Å². The van der Waals surface area contributed by atoms with Gasteiger partial charge in [0.1, 0.15) is 11.6 Å². The second kappa shape index (κ2) is 5.97. The maximum absolute atomic E-state index is 13.8. The Morgan fingerprint density at radius 3 is 2.14 bits per heavy atom. The molecular formula is C13H8ClF5N2. The van der Waals surface area contributed by atoms with Crippen LogP contribution in [-0.4, -0.2) is 0 Å². The summed E-state index contributed by atoms with van der Waals surface area (Å²) in [5.74, 6) is -1.43. The van der Waals surface area contributed by atoms with Crippen molar-refractivity contribution in [3.63, 3.8) is 0 Å². The number of halogens is 6. The summed E-state index contributed by atoms with van der Waals surface area (Å²) in [5, 5.41) is -0.474. The number of nitrogens with two attached hydrogens (primary N) is 1. The van der Waals surface area contributed by atoms with Crippen molar-refractivity contribution in [3.8, 4) is 0 Å². The average Bonchev–Trinajstić information content (AvgIpc) is 2.44. The summed E-state index contributed by atoms with van der Waals surface area (Å²) in [7, 11) is 0. The third-order valence-corrected chi connectivity index (χ3v) is 3.18. The zero-order valence-electron chi connectivity index (χ0n) is 10.2. The first-order valence-corrected chi connectivity index (χ1v) is 5.98. The lowest BCUT2D eigenvalue weighted by atomic mass is 9.98. The van der Waals surface area contributed by atoms with Crippen LogP contribution in [0, 0.1) is 29.1 Å². The van der Waals surface area contributed by atoms with Gasteiger partial charge in [-0.3, -0.25) is 5.84 Å². The Labute approximate surface area is 121 Å². The van der Waals surface area contributed by atoms with Crippen LogP contribution in [0.3, 0.4) is 0 Å². The summed E-state index contributed by atoms with van der Waals surface area (Å²) >= 11 is 5.41. The van der Waals surface area contributed by atoms with Gasteiger partial charge in [-0.2, -0.15) is 0 Å². The Bertz CT molecular complexity index is 691. The Balaban J connectivity index is 2.60. The van der Waals surface area contributed by atoms with E-state index in [-0.39, 0.29) is 0 Å². The predicted molar refractivity (Wildman–Crippen MR) is 66.9 cm³/mol. The molecule has 0 bridgehead atoms. The highest BCUT2D eigenvalue weighted by molar-refractivity contribution is 6.30. The fourth-order valence-electron chi connectivity index (χ4n) is 1.87. The second-order valence-electron chi connectivity index (χ2n) is 4.15. The Morgan fingerprint density at radius 2 is 1.52 bits per heavy atom. The van der Waals surface area contributed by atoms with Crippen molar-refractivity contribution >= 4 is 11.6 Å². The smallest absolute Gasteiger partial charge is 0.194 e. The van der Waals surface area contributed by atoms with E-state index in [1.807, 2.05) is 5.43 Å². The second-order valence-corrected chi connectivity index (χ2v) is 4.56. The van der Waals surface area contributed by atoms with E-state index in [9.17, 15) is 22.0 Å². The molecule has 2 aromatic carbocycles. The van der Waals surface area contributed by atoms with E-state index in [2.05, 4.69) is 0 Å². The Hall–Kier alpha value is -1.70.